The Morgan fingerprint density at radius 1 is 1.41 bits per heavy atom. The van der Waals surface area contributed by atoms with Crippen molar-refractivity contribution in [1.29, 1.82) is 0 Å². The molecule has 120 valence electrons. The Labute approximate surface area is 144 Å². The zero-order valence-electron chi connectivity index (χ0n) is 13.1. The summed E-state index contributed by atoms with van der Waals surface area (Å²) in [4.78, 5) is 10.6. The Morgan fingerprint density at radius 3 is 2.64 bits per heavy atom. The first-order chi connectivity index (χ1) is 10.4. The van der Waals surface area contributed by atoms with Crippen molar-refractivity contribution in [3.05, 3.63) is 27.4 Å². The highest BCUT2D eigenvalue weighted by Gasteiger charge is 2.46. The molecule has 0 amide bonds. The van der Waals surface area contributed by atoms with Crippen molar-refractivity contribution in [1.82, 2.24) is 9.97 Å². The van der Waals surface area contributed by atoms with Gasteiger partial charge in [-0.05, 0) is 46.3 Å². The van der Waals surface area contributed by atoms with Crippen LogP contribution in [0.5, 0.6) is 0 Å². The third-order valence-electron chi connectivity index (χ3n) is 5.25. The third-order valence-corrected chi connectivity index (χ3v) is 6.61. The second-order valence-corrected chi connectivity index (χ2v) is 7.81. The number of nitrogens with zero attached hydrogens (tertiary/aromatic N) is 3. The van der Waals surface area contributed by atoms with E-state index in [0.717, 1.165) is 28.7 Å². The molecule has 1 N–H and O–H groups in total. The summed E-state index contributed by atoms with van der Waals surface area (Å²) >= 11 is 9.70. The van der Waals surface area contributed by atoms with E-state index in [1.54, 1.807) is 6.20 Å². The molecule has 22 heavy (non-hydrogen) atoms. The molecule has 1 saturated carbocycles. The van der Waals surface area contributed by atoms with E-state index in [4.69, 9.17) is 11.6 Å². The SMILES string of the molecule is CC(C)C1(C)C(Br)=C(O)N(C2CCCC2)c2nc(Cl)ncc21. The number of hydrogen-bond acceptors (Lipinski definition) is 4. The van der Waals surface area contributed by atoms with E-state index in [1.165, 1.54) is 12.8 Å². The Bertz CT molecular complexity index is 628. The standard InChI is InChI=1S/C16H21BrClN3O/c1-9(2)16(3)11-8-19-15(18)20-13(11)21(14(22)12(16)17)10-6-4-5-7-10/h8-10,22H,4-7H2,1-3H3. The molecule has 0 saturated heterocycles. The number of aromatic nitrogens is 2. The first-order valence-electron chi connectivity index (χ1n) is 7.78. The lowest BCUT2D eigenvalue weighted by atomic mass is 9.72. The normalized spacial score (nSPS) is 26.0. The average molecular weight is 387 g/mol. The summed E-state index contributed by atoms with van der Waals surface area (Å²) in [5.41, 5.74) is 0.655. The summed E-state index contributed by atoms with van der Waals surface area (Å²) < 4.78 is 0.806. The van der Waals surface area contributed by atoms with E-state index in [0.29, 0.717) is 0 Å². The van der Waals surface area contributed by atoms with Crippen molar-refractivity contribution in [2.75, 3.05) is 4.90 Å². The van der Waals surface area contributed by atoms with Crippen molar-refractivity contribution < 1.29 is 5.11 Å². The molecule has 1 atom stereocenters. The minimum atomic E-state index is -0.362. The molecule has 3 rings (SSSR count). The molecule has 1 fully saturated rings. The fourth-order valence-electron chi connectivity index (χ4n) is 3.53. The van der Waals surface area contributed by atoms with Gasteiger partial charge in [-0.2, -0.15) is 4.98 Å². The quantitative estimate of drug-likeness (QED) is 0.732. The molecule has 1 aliphatic heterocycles. The van der Waals surface area contributed by atoms with Crippen LogP contribution in [-0.4, -0.2) is 21.1 Å². The van der Waals surface area contributed by atoms with Crippen LogP contribution in [0.25, 0.3) is 0 Å². The van der Waals surface area contributed by atoms with Crippen LogP contribution in [0, 0.1) is 5.92 Å². The summed E-state index contributed by atoms with van der Waals surface area (Å²) in [5, 5.41) is 11.1. The molecule has 1 unspecified atom stereocenters. The molecular weight excluding hydrogens is 366 g/mol. The van der Waals surface area contributed by atoms with Crippen LogP contribution < -0.4 is 4.90 Å². The molecule has 0 bridgehead atoms. The monoisotopic (exact) mass is 385 g/mol. The Hall–Kier alpha value is -0.810. The van der Waals surface area contributed by atoms with Gasteiger partial charge in [-0.3, -0.25) is 4.90 Å². The number of anilines is 1. The highest BCUT2D eigenvalue weighted by atomic mass is 79.9. The van der Waals surface area contributed by atoms with Gasteiger partial charge in [-0.1, -0.05) is 33.6 Å². The van der Waals surface area contributed by atoms with Gasteiger partial charge >= 0.3 is 0 Å². The minimum Gasteiger partial charge on any atom is -0.494 e. The number of rotatable bonds is 2. The zero-order chi connectivity index (χ0) is 16.1. The molecule has 2 aliphatic rings. The molecule has 0 aromatic carbocycles. The maximum absolute atomic E-state index is 10.9. The van der Waals surface area contributed by atoms with Gasteiger partial charge in [0.15, 0.2) is 0 Å². The summed E-state index contributed by atoms with van der Waals surface area (Å²) in [5.74, 6) is 1.30. The van der Waals surface area contributed by atoms with Crippen molar-refractivity contribution >= 4 is 33.3 Å². The van der Waals surface area contributed by atoms with Gasteiger partial charge in [0.2, 0.25) is 11.2 Å². The van der Waals surface area contributed by atoms with Crippen molar-refractivity contribution in [3.8, 4) is 0 Å². The minimum absolute atomic E-state index is 0.221. The number of aliphatic hydroxyl groups excluding tert-OH is 1. The summed E-state index contributed by atoms with van der Waals surface area (Å²) in [6.07, 6.45) is 6.29. The van der Waals surface area contributed by atoms with E-state index in [-0.39, 0.29) is 28.5 Å². The smallest absolute Gasteiger partial charge is 0.224 e. The Morgan fingerprint density at radius 2 is 2.05 bits per heavy atom. The largest absolute Gasteiger partial charge is 0.494 e. The highest BCUT2D eigenvalue weighted by molar-refractivity contribution is 9.11. The van der Waals surface area contributed by atoms with Gasteiger partial charge in [0.25, 0.3) is 0 Å². The van der Waals surface area contributed by atoms with Crippen LogP contribution in [0.4, 0.5) is 5.82 Å². The Balaban J connectivity index is 2.23. The molecule has 1 aromatic rings. The van der Waals surface area contributed by atoms with Crippen LogP contribution in [0.15, 0.2) is 16.6 Å². The van der Waals surface area contributed by atoms with Gasteiger partial charge in [-0.25, -0.2) is 4.98 Å². The molecular formula is C16H21BrClN3O. The highest BCUT2D eigenvalue weighted by Crippen LogP contribution is 2.51. The fraction of sp³-hybridized carbons (Fsp3) is 0.625. The predicted octanol–water partition coefficient (Wildman–Crippen LogP) is 4.93. The molecule has 0 radical (unpaired) electrons. The van der Waals surface area contributed by atoms with Gasteiger partial charge < -0.3 is 5.11 Å². The van der Waals surface area contributed by atoms with Gasteiger partial charge in [-0.15, -0.1) is 0 Å². The number of halogens is 2. The topological polar surface area (TPSA) is 49.2 Å². The van der Waals surface area contributed by atoms with Gasteiger partial charge in [0.05, 0.1) is 4.48 Å². The fourth-order valence-corrected chi connectivity index (χ4v) is 4.52. The van der Waals surface area contributed by atoms with Gasteiger partial charge in [0.1, 0.15) is 5.82 Å². The van der Waals surface area contributed by atoms with E-state index in [9.17, 15) is 5.11 Å². The van der Waals surface area contributed by atoms with E-state index >= 15 is 0 Å². The molecule has 1 aliphatic carbocycles. The maximum Gasteiger partial charge on any atom is 0.224 e. The first kappa shape index (κ1) is 16.1. The van der Waals surface area contributed by atoms with Crippen LogP contribution in [0.1, 0.15) is 52.0 Å². The van der Waals surface area contributed by atoms with E-state index in [2.05, 4.69) is 46.7 Å². The number of allylic oxidation sites excluding steroid dienone is 1. The van der Waals surface area contributed by atoms with Crippen molar-refractivity contribution in [2.45, 2.75) is 57.9 Å². The second-order valence-electron chi connectivity index (χ2n) is 6.68. The van der Waals surface area contributed by atoms with Crippen LogP contribution in [-0.2, 0) is 5.41 Å². The zero-order valence-corrected chi connectivity index (χ0v) is 15.4. The molecule has 2 heterocycles. The second kappa shape index (κ2) is 5.68. The average Bonchev–Trinajstić information content (AvgIpc) is 2.98. The summed E-state index contributed by atoms with van der Waals surface area (Å²) in [6, 6.07) is 0.272. The number of fused-ring (bicyclic) bond motifs is 1. The molecule has 4 nitrogen and oxygen atoms in total. The maximum atomic E-state index is 10.9. The molecule has 1 aromatic heterocycles. The Kier molecular flexibility index (Phi) is 4.14. The number of aliphatic hydroxyl groups is 1. The lowest BCUT2D eigenvalue weighted by Crippen LogP contribution is -2.44. The van der Waals surface area contributed by atoms with Crippen LogP contribution >= 0.6 is 27.5 Å². The number of hydrogen-bond donors (Lipinski definition) is 1. The third kappa shape index (κ3) is 2.24. The summed E-state index contributed by atoms with van der Waals surface area (Å²) in [7, 11) is 0. The lowest BCUT2D eigenvalue weighted by Gasteiger charge is -2.44. The first-order valence-corrected chi connectivity index (χ1v) is 8.96. The van der Waals surface area contributed by atoms with E-state index in [1.807, 2.05) is 4.90 Å². The summed E-state index contributed by atoms with van der Waals surface area (Å²) in [6.45, 7) is 6.39. The molecule has 0 spiro atoms. The lowest BCUT2D eigenvalue weighted by molar-refractivity contribution is 0.323. The van der Waals surface area contributed by atoms with Crippen molar-refractivity contribution in [3.63, 3.8) is 0 Å². The predicted molar refractivity (Wildman–Crippen MR) is 92.5 cm³/mol. The van der Waals surface area contributed by atoms with Crippen LogP contribution in [0.2, 0.25) is 5.28 Å². The van der Waals surface area contributed by atoms with Gasteiger partial charge in [0, 0.05) is 23.2 Å². The molecule has 6 heteroatoms. The van der Waals surface area contributed by atoms with E-state index < -0.39 is 0 Å². The van der Waals surface area contributed by atoms with Crippen molar-refractivity contribution in [2.24, 2.45) is 5.92 Å². The van der Waals surface area contributed by atoms with Crippen LogP contribution in [0.3, 0.4) is 0 Å².